The number of carbonyl (C=O) groups excluding carboxylic acids is 2. The predicted octanol–water partition coefficient (Wildman–Crippen LogP) is 4.29. The Balaban J connectivity index is 1.55. The van der Waals surface area contributed by atoms with Crippen molar-refractivity contribution >= 4 is 27.3 Å². The number of carbonyl (C=O) groups is 2. The minimum atomic E-state index is -4.05. The fourth-order valence-corrected chi connectivity index (χ4v) is 7.70. The lowest BCUT2D eigenvalue weighted by atomic mass is 9.63. The maximum atomic E-state index is 13.8. The summed E-state index contributed by atoms with van der Waals surface area (Å²) < 4.78 is 28.8. The molecule has 0 spiro atoms. The van der Waals surface area contributed by atoms with E-state index in [1.807, 2.05) is 18.2 Å². The molecule has 3 aliphatic carbocycles. The van der Waals surface area contributed by atoms with E-state index in [4.69, 9.17) is 0 Å². The molecule has 1 aliphatic heterocycles. The summed E-state index contributed by atoms with van der Waals surface area (Å²) in [6.45, 7) is 2.17. The molecular weight excluding hydrogens is 460 g/mol. The van der Waals surface area contributed by atoms with Crippen molar-refractivity contribution in [2.24, 2.45) is 22.9 Å². The highest BCUT2D eigenvalue weighted by Gasteiger charge is 2.56. The van der Waals surface area contributed by atoms with E-state index in [1.165, 1.54) is 17.7 Å². The molecule has 0 radical (unpaired) electrons. The second kappa shape index (κ2) is 8.12. The molecule has 4 atom stereocenters. The normalized spacial score (nSPS) is 28.2. The van der Waals surface area contributed by atoms with Gasteiger partial charge in [-0.25, -0.2) is 0 Å². The summed E-state index contributed by atoms with van der Waals surface area (Å²) in [5.41, 5.74) is 3.47. The first kappa shape index (κ1) is 22.2. The van der Waals surface area contributed by atoms with Crippen LogP contribution in [0.5, 0.6) is 0 Å². The summed E-state index contributed by atoms with van der Waals surface area (Å²) in [5, 5.41) is 4.58. The Morgan fingerprint density at radius 3 is 2.34 bits per heavy atom. The number of hydrogen-bond acceptors (Lipinski definition) is 5. The summed E-state index contributed by atoms with van der Waals surface area (Å²) in [6, 6.07) is 16.4. The van der Waals surface area contributed by atoms with E-state index < -0.39 is 33.5 Å². The Bertz CT molecular complexity index is 1420. The number of Topliss-reactive ketones (excluding diaryl/α,β-unsaturated/α-hetero) is 2. The average molecular weight is 487 g/mol. The number of hydrazone groups is 1. The molecule has 0 N–H and O–H groups in total. The van der Waals surface area contributed by atoms with Crippen LogP contribution in [0.4, 0.5) is 0 Å². The van der Waals surface area contributed by atoms with Gasteiger partial charge in [0, 0.05) is 11.5 Å². The molecule has 4 aliphatic rings. The fraction of sp³-hybridized carbons (Fsp3) is 0.321. The molecule has 7 heteroatoms. The molecule has 4 unspecified atom stereocenters. The van der Waals surface area contributed by atoms with Crippen LogP contribution in [0.25, 0.3) is 0 Å². The molecule has 0 amide bonds. The smallest absolute Gasteiger partial charge is 0.279 e. The van der Waals surface area contributed by atoms with Crippen molar-refractivity contribution in [1.82, 2.24) is 4.41 Å². The molecule has 0 bridgehead atoms. The molecule has 6 nitrogen and oxygen atoms in total. The van der Waals surface area contributed by atoms with E-state index in [0.717, 1.165) is 29.2 Å². The zero-order valence-corrected chi connectivity index (χ0v) is 20.2. The second-order valence-electron chi connectivity index (χ2n) is 9.79. The zero-order valence-electron chi connectivity index (χ0n) is 19.4. The number of allylic oxidation sites excluding steroid dienone is 3. The highest BCUT2D eigenvalue weighted by molar-refractivity contribution is 7.89. The first-order valence-corrected chi connectivity index (χ1v) is 13.6. The third kappa shape index (κ3) is 3.28. The Morgan fingerprint density at radius 2 is 1.63 bits per heavy atom. The fourth-order valence-electron chi connectivity index (χ4n) is 6.24. The topological polar surface area (TPSA) is 83.9 Å². The number of sulfonamides is 1. The van der Waals surface area contributed by atoms with Gasteiger partial charge in [0.2, 0.25) is 11.6 Å². The first-order chi connectivity index (χ1) is 16.9. The van der Waals surface area contributed by atoms with Crippen molar-refractivity contribution in [3.63, 3.8) is 0 Å². The quantitative estimate of drug-likeness (QED) is 0.479. The molecule has 35 heavy (non-hydrogen) atoms. The SMILES string of the molecule is CC1CCCC2C1=CCC1=C2C(=O)C(=O)C2C(c3ccccc3)=NN(S(=O)(=O)c3ccccc3)C12. The summed E-state index contributed by atoms with van der Waals surface area (Å²) in [5.74, 6) is -1.72. The number of fused-ring (bicyclic) bond motifs is 4. The van der Waals surface area contributed by atoms with E-state index in [-0.39, 0.29) is 10.8 Å². The monoisotopic (exact) mass is 486 g/mol. The van der Waals surface area contributed by atoms with Crippen molar-refractivity contribution < 1.29 is 18.0 Å². The number of ketones is 2. The molecule has 1 fully saturated rings. The van der Waals surface area contributed by atoms with Crippen LogP contribution in [0.2, 0.25) is 0 Å². The lowest BCUT2D eigenvalue weighted by Crippen LogP contribution is -2.50. The van der Waals surface area contributed by atoms with Crippen LogP contribution in [0.15, 0.2) is 93.5 Å². The van der Waals surface area contributed by atoms with Crippen LogP contribution in [-0.4, -0.2) is 36.2 Å². The molecule has 6 rings (SSSR count). The molecule has 178 valence electrons. The van der Waals surface area contributed by atoms with Gasteiger partial charge in [-0.3, -0.25) is 9.59 Å². The molecule has 0 aromatic heterocycles. The third-order valence-electron chi connectivity index (χ3n) is 7.87. The summed E-state index contributed by atoms with van der Waals surface area (Å²) in [4.78, 5) is 27.4. The Labute approximate surface area is 205 Å². The van der Waals surface area contributed by atoms with Gasteiger partial charge in [0.15, 0.2) is 0 Å². The maximum Gasteiger partial charge on any atom is 0.279 e. The van der Waals surface area contributed by atoms with E-state index >= 15 is 0 Å². The molecular formula is C28H26N2O4S. The summed E-state index contributed by atoms with van der Waals surface area (Å²) in [6.07, 6.45) is 5.48. The first-order valence-electron chi connectivity index (χ1n) is 12.1. The molecule has 0 saturated heterocycles. The predicted molar refractivity (Wildman–Crippen MR) is 132 cm³/mol. The van der Waals surface area contributed by atoms with Gasteiger partial charge in [0.25, 0.3) is 10.0 Å². The van der Waals surface area contributed by atoms with E-state index in [1.54, 1.807) is 30.3 Å². The zero-order chi connectivity index (χ0) is 24.3. The summed E-state index contributed by atoms with van der Waals surface area (Å²) in [7, 11) is -4.05. The van der Waals surface area contributed by atoms with Gasteiger partial charge in [-0.15, -0.1) is 0 Å². The minimum absolute atomic E-state index is 0.109. The molecule has 1 saturated carbocycles. The van der Waals surface area contributed by atoms with Crippen molar-refractivity contribution in [3.05, 3.63) is 89.0 Å². The Hall–Kier alpha value is -3.32. The van der Waals surface area contributed by atoms with E-state index in [9.17, 15) is 18.0 Å². The highest BCUT2D eigenvalue weighted by Crippen LogP contribution is 2.50. The Morgan fingerprint density at radius 1 is 0.943 bits per heavy atom. The van der Waals surface area contributed by atoms with Gasteiger partial charge in [-0.1, -0.05) is 73.5 Å². The van der Waals surface area contributed by atoms with E-state index in [2.05, 4.69) is 18.1 Å². The third-order valence-corrected chi connectivity index (χ3v) is 9.54. The van der Waals surface area contributed by atoms with Crippen LogP contribution in [0, 0.1) is 17.8 Å². The lowest BCUT2D eigenvalue weighted by Gasteiger charge is -2.41. The highest BCUT2D eigenvalue weighted by atomic mass is 32.2. The second-order valence-corrected chi connectivity index (χ2v) is 11.6. The van der Waals surface area contributed by atoms with Crippen molar-refractivity contribution in [2.75, 3.05) is 0 Å². The van der Waals surface area contributed by atoms with E-state index in [0.29, 0.717) is 29.2 Å². The standard InChI is InChI=1S/C28H26N2O4S/c1-17-9-8-14-21-20(17)15-16-22-23(21)27(31)28(32)24-25(18-10-4-2-5-11-18)29-30(26(22)24)35(33,34)19-12-6-3-7-13-19/h2-7,10-13,15,17,21,24,26H,8-9,14,16H2,1H3. The van der Waals surface area contributed by atoms with Crippen LogP contribution >= 0.6 is 0 Å². The number of rotatable bonds is 3. The van der Waals surface area contributed by atoms with Crippen molar-refractivity contribution in [3.8, 4) is 0 Å². The van der Waals surface area contributed by atoms with Crippen molar-refractivity contribution in [1.29, 1.82) is 0 Å². The van der Waals surface area contributed by atoms with Crippen LogP contribution in [0.3, 0.4) is 0 Å². The molecule has 2 aromatic carbocycles. The number of nitrogens with zero attached hydrogens (tertiary/aromatic N) is 2. The number of hydrogen-bond donors (Lipinski definition) is 0. The molecule has 1 heterocycles. The van der Waals surface area contributed by atoms with Crippen LogP contribution < -0.4 is 0 Å². The van der Waals surface area contributed by atoms with Crippen molar-refractivity contribution in [2.45, 2.75) is 43.5 Å². The van der Waals surface area contributed by atoms with Gasteiger partial charge < -0.3 is 0 Å². The maximum absolute atomic E-state index is 13.8. The summed E-state index contributed by atoms with van der Waals surface area (Å²) >= 11 is 0. The molecule has 2 aromatic rings. The number of benzene rings is 2. The van der Waals surface area contributed by atoms with Gasteiger partial charge in [-0.2, -0.15) is 17.9 Å². The van der Waals surface area contributed by atoms with Gasteiger partial charge in [0.05, 0.1) is 16.5 Å². The average Bonchev–Trinajstić information content (AvgIpc) is 3.30. The van der Waals surface area contributed by atoms with Gasteiger partial charge >= 0.3 is 0 Å². The largest absolute Gasteiger partial charge is 0.290 e. The lowest BCUT2D eigenvalue weighted by molar-refractivity contribution is -0.137. The minimum Gasteiger partial charge on any atom is -0.290 e. The van der Waals surface area contributed by atoms with Gasteiger partial charge in [-0.05, 0) is 48.4 Å². The van der Waals surface area contributed by atoms with Crippen LogP contribution in [-0.2, 0) is 19.6 Å². The van der Waals surface area contributed by atoms with Crippen LogP contribution in [0.1, 0.15) is 38.2 Å². The van der Waals surface area contributed by atoms with Gasteiger partial charge in [0.1, 0.15) is 6.04 Å². The Kier molecular flexibility index (Phi) is 5.14.